The first-order valence-corrected chi connectivity index (χ1v) is 6.10. The van der Waals surface area contributed by atoms with Crippen molar-refractivity contribution in [2.75, 3.05) is 20.1 Å². The van der Waals surface area contributed by atoms with Gasteiger partial charge in [0.2, 0.25) is 11.8 Å². The molecule has 0 aromatic heterocycles. The fourth-order valence-corrected chi connectivity index (χ4v) is 1.33. The van der Waals surface area contributed by atoms with Crippen LogP contribution in [0.25, 0.3) is 0 Å². The van der Waals surface area contributed by atoms with Crippen LogP contribution in [0.3, 0.4) is 0 Å². The molecule has 0 rings (SSSR count). The second-order valence-electron chi connectivity index (χ2n) is 4.79. The quantitative estimate of drug-likeness (QED) is 0.677. The Hall–Kier alpha value is -1.10. The maximum Gasteiger partial charge on any atom is 0.224 e. The van der Waals surface area contributed by atoms with Gasteiger partial charge in [0.15, 0.2) is 0 Å². The fraction of sp³-hybridized carbons (Fsp3) is 0.833. The lowest BCUT2D eigenvalue weighted by molar-refractivity contribution is -0.131. The largest absolute Gasteiger partial charge is 0.356 e. The number of nitrogens with zero attached hydrogens (tertiary/aromatic N) is 1. The summed E-state index contributed by atoms with van der Waals surface area (Å²) in [5.41, 5.74) is 5.48. The minimum absolute atomic E-state index is 0.00215. The first-order valence-electron chi connectivity index (χ1n) is 6.10. The first-order chi connectivity index (χ1) is 7.88. The molecular weight excluding hydrogens is 218 g/mol. The highest BCUT2D eigenvalue weighted by atomic mass is 16.2. The van der Waals surface area contributed by atoms with Gasteiger partial charge >= 0.3 is 0 Å². The SMILES string of the molecule is CC(C)CC(=O)NCCC(=O)N(C)C(C)CN. The number of carbonyl (C=O) groups excluding carboxylic acids is 2. The van der Waals surface area contributed by atoms with Crippen LogP contribution < -0.4 is 11.1 Å². The smallest absolute Gasteiger partial charge is 0.224 e. The van der Waals surface area contributed by atoms with Crippen LogP contribution in [0.1, 0.15) is 33.6 Å². The average Bonchev–Trinajstić information content (AvgIpc) is 2.25. The van der Waals surface area contributed by atoms with Crippen LogP contribution in [0.4, 0.5) is 0 Å². The predicted octanol–water partition coefficient (Wildman–Crippen LogP) is 0.344. The van der Waals surface area contributed by atoms with Crippen molar-refractivity contribution >= 4 is 11.8 Å². The Morgan fingerprint density at radius 3 is 2.35 bits per heavy atom. The van der Waals surface area contributed by atoms with E-state index >= 15 is 0 Å². The second kappa shape index (κ2) is 8.06. The molecule has 0 aromatic rings. The average molecular weight is 243 g/mol. The van der Waals surface area contributed by atoms with Gasteiger partial charge in [0.1, 0.15) is 0 Å². The third kappa shape index (κ3) is 6.94. The molecule has 3 N–H and O–H groups in total. The summed E-state index contributed by atoms with van der Waals surface area (Å²) in [5, 5.41) is 2.74. The molecule has 0 saturated heterocycles. The van der Waals surface area contributed by atoms with Gasteiger partial charge in [0.05, 0.1) is 0 Å². The highest BCUT2D eigenvalue weighted by Crippen LogP contribution is 1.99. The van der Waals surface area contributed by atoms with Crippen molar-refractivity contribution in [1.29, 1.82) is 0 Å². The Morgan fingerprint density at radius 2 is 1.88 bits per heavy atom. The van der Waals surface area contributed by atoms with E-state index in [1.54, 1.807) is 11.9 Å². The Balaban J connectivity index is 3.82. The van der Waals surface area contributed by atoms with E-state index in [4.69, 9.17) is 5.73 Å². The summed E-state index contributed by atoms with van der Waals surface area (Å²) in [6.45, 7) is 6.71. The van der Waals surface area contributed by atoms with E-state index in [0.29, 0.717) is 31.8 Å². The summed E-state index contributed by atoms with van der Waals surface area (Å²) in [7, 11) is 1.73. The number of rotatable bonds is 7. The number of carbonyl (C=O) groups is 2. The maximum atomic E-state index is 11.7. The zero-order chi connectivity index (χ0) is 13.4. The van der Waals surface area contributed by atoms with Crippen molar-refractivity contribution in [3.63, 3.8) is 0 Å². The summed E-state index contributed by atoms with van der Waals surface area (Å²) in [5.74, 6) is 0.348. The summed E-state index contributed by atoms with van der Waals surface area (Å²) >= 11 is 0. The molecule has 17 heavy (non-hydrogen) atoms. The van der Waals surface area contributed by atoms with Crippen LogP contribution >= 0.6 is 0 Å². The monoisotopic (exact) mass is 243 g/mol. The number of hydrogen-bond acceptors (Lipinski definition) is 3. The van der Waals surface area contributed by atoms with Crippen molar-refractivity contribution in [3.05, 3.63) is 0 Å². The lowest BCUT2D eigenvalue weighted by Gasteiger charge is -2.23. The molecule has 5 heteroatoms. The molecule has 0 heterocycles. The zero-order valence-corrected chi connectivity index (χ0v) is 11.3. The van der Waals surface area contributed by atoms with Gasteiger partial charge in [-0.1, -0.05) is 13.8 Å². The molecule has 0 spiro atoms. The summed E-state index contributed by atoms with van der Waals surface area (Å²) in [6, 6.07) is 0.0360. The molecule has 0 aromatic carbocycles. The van der Waals surface area contributed by atoms with Crippen LogP contribution in [0.2, 0.25) is 0 Å². The summed E-state index contributed by atoms with van der Waals surface area (Å²) in [6.07, 6.45) is 0.827. The van der Waals surface area contributed by atoms with Crippen LogP contribution in [0.15, 0.2) is 0 Å². The molecule has 0 saturated carbocycles. The van der Waals surface area contributed by atoms with Crippen LogP contribution in [-0.2, 0) is 9.59 Å². The van der Waals surface area contributed by atoms with Crippen molar-refractivity contribution in [3.8, 4) is 0 Å². The molecule has 0 radical (unpaired) electrons. The van der Waals surface area contributed by atoms with Crippen LogP contribution in [0, 0.1) is 5.92 Å². The van der Waals surface area contributed by atoms with Gasteiger partial charge in [-0.2, -0.15) is 0 Å². The number of nitrogens with one attached hydrogen (secondary N) is 1. The van der Waals surface area contributed by atoms with Gasteiger partial charge < -0.3 is 16.0 Å². The number of likely N-dealkylation sites (N-methyl/N-ethyl adjacent to an activating group) is 1. The van der Waals surface area contributed by atoms with Gasteiger partial charge in [0, 0.05) is 39.0 Å². The second-order valence-corrected chi connectivity index (χ2v) is 4.79. The van der Waals surface area contributed by atoms with Crippen molar-refractivity contribution in [2.24, 2.45) is 11.7 Å². The van der Waals surface area contributed by atoms with Crippen molar-refractivity contribution < 1.29 is 9.59 Å². The molecule has 2 amide bonds. The molecule has 0 fully saturated rings. The normalized spacial score (nSPS) is 12.4. The van der Waals surface area contributed by atoms with Crippen molar-refractivity contribution in [2.45, 2.75) is 39.7 Å². The molecule has 100 valence electrons. The molecule has 0 aliphatic heterocycles. The fourth-order valence-electron chi connectivity index (χ4n) is 1.33. The first kappa shape index (κ1) is 15.9. The third-order valence-electron chi connectivity index (χ3n) is 2.65. The van der Waals surface area contributed by atoms with Gasteiger partial charge in [-0.25, -0.2) is 0 Å². The van der Waals surface area contributed by atoms with E-state index in [-0.39, 0.29) is 17.9 Å². The van der Waals surface area contributed by atoms with Gasteiger partial charge in [-0.3, -0.25) is 9.59 Å². The molecule has 0 aliphatic rings. The third-order valence-corrected chi connectivity index (χ3v) is 2.65. The molecule has 1 unspecified atom stereocenters. The zero-order valence-electron chi connectivity index (χ0n) is 11.3. The van der Waals surface area contributed by atoms with E-state index in [1.807, 2.05) is 20.8 Å². The van der Waals surface area contributed by atoms with Crippen LogP contribution in [0.5, 0.6) is 0 Å². The summed E-state index contributed by atoms with van der Waals surface area (Å²) < 4.78 is 0. The minimum Gasteiger partial charge on any atom is -0.356 e. The predicted molar refractivity (Wildman–Crippen MR) is 68.4 cm³/mol. The van der Waals surface area contributed by atoms with E-state index < -0.39 is 0 Å². The van der Waals surface area contributed by atoms with Gasteiger partial charge in [0.25, 0.3) is 0 Å². The van der Waals surface area contributed by atoms with Crippen LogP contribution in [-0.4, -0.2) is 42.9 Å². The van der Waals surface area contributed by atoms with Gasteiger partial charge in [-0.15, -0.1) is 0 Å². The molecular formula is C12H25N3O2. The number of hydrogen-bond donors (Lipinski definition) is 2. The highest BCUT2D eigenvalue weighted by Gasteiger charge is 2.14. The van der Waals surface area contributed by atoms with E-state index in [0.717, 1.165) is 0 Å². The molecule has 0 aliphatic carbocycles. The Labute approximate surface area is 104 Å². The Morgan fingerprint density at radius 1 is 1.29 bits per heavy atom. The lowest BCUT2D eigenvalue weighted by atomic mass is 10.1. The Bertz CT molecular complexity index is 254. The standard InChI is InChI=1S/C12H25N3O2/c1-9(2)7-11(16)14-6-5-12(17)15(4)10(3)8-13/h9-10H,5-8,13H2,1-4H3,(H,14,16). The lowest BCUT2D eigenvalue weighted by Crippen LogP contribution is -2.41. The van der Waals surface area contributed by atoms with Gasteiger partial charge in [-0.05, 0) is 12.8 Å². The van der Waals surface area contributed by atoms with E-state index in [2.05, 4.69) is 5.32 Å². The summed E-state index contributed by atoms with van der Waals surface area (Å²) in [4.78, 5) is 24.6. The topological polar surface area (TPSA) is 75.4 Å². The molecule has 5 nitrogen and oxygen atoms in total. The highest BCUT2D eigenvalue weighted by molar-refractivity contribution is 5.79. The van der Waals surface area contributed by atoms with E-state index in [9.17, 15) is 9.59 Å². The Kier molecular flexibility index (Phi) is 7.54. The minimum atomic E-state index is 0.00215. The van der Waals surface area contributed by atoms with E-state index in [1.165, 1.54) is 0 Å². The molecule has 0 bridgehead atoms. The molecule has 1 atom stereocenters. The number of nitrogens with two attached hydrogens (primary N) is 1. The van der Waals surface area contributed by atoms with Crippen molar-refractivity contribution in [1.82, 2.24) is 10.2 Å². The number of amides is 2. The maximum absolute atomic E-state index is 11.7.